The third-order valence-corrected chi connectivity index (χ3v) is 4.94. The Kier molecular flexibility index (Phi) is 2.80. The predicted octanol–water partition coefficient (Wildman–Crippen LogP) is 5.78. The van der Waals surface area contributed by atoms with E-state index in [1.807, 2.05) is 0 Å². The van der Waals surface area contributed by atoms with Crippen LogP contribution in [0.15, 0.2) is 78.9 Å². The van der Waals surface area contributed by atoms with Crippen molar-refractivity contribution < 1.29 is 0 Å². The Hall–Kier alpha value is -3.00. The molecule has 2 heterocycles. The molecular weight excluding hydrogens is 292 g/mol. The second kappa shape index (κ2) is 5.00. The van der Waals surface area contributed by atoms with Gasteiger partial charge < -0.3 is 5.32 Å². The van der Waals surface area contributed by atoms with Crippen molar-refractivity contribution in [2.75, 3.05) is 5.32 Å². The molecule has 0 aliphatic carbocycles. The van der Waals surface area contributed by atoms with Crippen LogP contribution in [0.25, 0.3) is 27.7 Å². The van der Waals surface area contributed by atoms with E-state index in [0.717, 1.165) is 0 Å². The minimum absolute atomic E-state index is 0.292. The Balaban J connectivity index is 1.94. The summed E-state index contributed by atoms with van der Waals surface area (Å²) in [5.74, 6) is 1.19. The van der Waals surface area contributed by atoms with Crippen molar-refractivity contribution in [1.29, 1.82) is 0 Å². The molecule has 1 unspecified atom stereocenters. The van der Waals surface area contributed by atoms with Crippen molar-refractivity contribution in [2.45, 2.75) is 13.0 Å². The van der Waals surface area contributed by atoms with E-state index in [9.17, 15) is 0 Å². The quantitative estimate of drug-likeness (QED) is 0.471. The predicted molar refractivity (Wildman–Crippen MR) is 101 cm³/mol. The summed E-state index contributed by atoms with van der Waals surface area (Å²) in [5.41, 5.74) is 6.44. The van der Waals surface area contributed by atoms with Gasteiger partial charge in [-0.15, -0.1) is 0 Å². The van der Waals surface area contributed by atoms with Crippen LogP contribution in [0.3, 0.4) is 0 Å². The van der Waals surface area contributed by atoms with Crippen molar-refractivity contribution in [3.63, 3.8) is 0 Å². The van der Waals surface area contributed by atoms with Crippen LogP contribution in [0.2, 0.25) is 0 Å². The maximum Gasteiger partial charge on any atom is 0.120 e. The largest absolute Gasteiger partial charge is 0.364 e. The Morgan fingerprint density at radius 2 is 1.50 bits per heavy atom. The van der Waals surface area contributed by atoms with Gasteiger partial charge >= 0.3 is 0 Å². The van der Waals surface area contributed by atoms with E-state index >= 15 is 0 Å². The molecule has 5 rings (SSSR count). The Morgan fingerprint density at radius 3 is 2.38 bits per heavy atom. The fourth-order valence-corrected chi connectivity index (χ4v) is 3.88. The number of para-hydroxylation sites is 2. The van der Waals surface area contributed by atoms with Gasteiger partial charge in [-0.05, 0) is 36.2 Å². The van der Waals surface area contributed by atoms with E-state index in [1.165, 1.54) is 39.1 Å². The number of fused-ring (bicyclic) bond motifs is 5. The fourth-order valence-electron chi connectivity index (χ4n) is 3.88. The summed E-state index contributed by atoms with van der Waals surface area (Å²) in [6, 6.07) is 28.3. The van der Waals surface area contributed by atoms with Gasteiger partial charge in [0.1, 0.15) is 5.82 Å². The molecule has 4 aromatic rings. The summed E-state index contributed by atoms with van der Waals surface area (Å²) in [7, 11) is 0. The van der Waals surface area contributed by atoms with Crippen molar-refractivity contribution >= 4 is 16.7 Å². The lowest BCUT2D eigenvalue weighted by Gasteiger charge is -2.27. The average Bonchev–Trinajstić information content (AvgIpc) is 2.97. The molecule has 0 radical (unpaired) electrons. The highest BCUT2D eigenvalue weighted by Gasteiger charge is 2.27. The summed E-state index contributed by atoms with van der Waals surface area (Å²) >= 11 is 0. The second-order valence-corrected chi connectivity index (χ2v) is 6.36. The van der Waals surface area contributed by atoms with Crippen molar-refractivity contribution in [2.24, 2.45) is 0 Å². The molecule has 0 saturated carbocycles. The molecule has 116 valence electrons. The first kappa shape index (κ1) is 13.4. The monoisotopic (exact) mass is 310 g/mol. The van der Waals surface area contributed by atoms with Crippen LogP contribution in [-0.2, 0) is 0 Å². The minimum atomic E-state index is 0.292. The van der Waals surface area contributed by atoms with Gasteiger partial charge in [0, 0.05) is 16.6 Å². The molecule has 0 amide bonds. The topological polar surface area (TPSA) is 17.0 Å². The van der Waals surface area contributed by atoms with Gasteiger partial charge in [-0.2, -0.15) is 0 Å². The summed E-state index contributed by atoms with van der Waals surface area (Å²) in [6.45, 7) is 2.23. The highest BCUT2D eigenvalue weighted by Crippen LogP contribution is 2.47. The molecule has 1 atom stereocenters. The molecule has 0 bridgehead atoms. The van der Waals surface area contributed by atoms with Crippen LogP contribution in [0.5, 0.6) is 0 Å². The first-order valence-electron chi connectivity index (χ1n) is 8.39. The van der Waals surface area contributed by atoms with Crippen LogP contribution < -0.4 is 5.32 Å². The molecule has 2 nitrogen and oxygen atoms in total. The lowest BCUT2D eigenvalue weighted by molar-refractivity contribution is 0.858. The SMILES string of the molecule is CC1Nc2c(c3ccccc3n2-c2ccccc2)-c2ccccc21. The van der Waals surface area contributed by atoms with E-state index in [2.05, 4.69) is 95.7 Å². The number of nitrogens with one attached hydrogen (secondary N) is 1. The third kappa shape index (κ3) is 1.77. The molecule has 1 aromatic heterocycles. The summed E-state index contributed by atoms with van der Waals surface area (Å²) in [4.78, 5) is 0. The van der Waals surface area contributed by atoms with Gasteiger partial charge in [-0.3, -0.25) is 4.57 Å². The highest BCUT2D eigenvalue weighted by atomic mass is 15.1. The van der Waals surface area contributed by atoms with E-state index < -0.39 is 0 Å². The Bertz CT molecular complexity index is 1010. The summed E-state index contributed by atoms with van der Waals surface area (Å²) < 4.78 is 2.34. The Morgan fingerprint density at radius 1 is 0.792 bits per heavy atom. The second-order valence-electron chi connectivity index (χ2n) is 6.36. The molecule has 0 saturated heterocycles. The average molecular weight is 310 g/mol. The van der Waals surface area contributed by atoms with E-state index in [-0.39, 0.29) is 0 Å². The maximum atomic E-state index is 3.74. The number of anilines is 1. The molecule has 24 heavy (non-hydrogen) atoms. The molecule has 1 aliphatic heterocycles. The summed E-state index contributed by atoms with van der Waals surface area (Å²) in [5, 5.41) is 5.03. The van der Waals surface area contributed by atoms with Crippen molar-refractivity contribution in [3.05, 3.63) is 84.4 Å². The molecule has 0 fully saturated rings. The molecule has 1 aliphatic rings. The standard InChI is InChI=1S/C22H18N2/c1-15-17-11-5-6-12-18(17)21-19-13-7-8-14-20(19)24(22(21)23-15)16-9-3-2-4-10-16/h2-15,23H,1H3. The zero-order valence-electron chi connectivity index (χ0n) is 13.5. The first-order valence-corrected chi connectivity index (χ1v) is 8.39. The first-order chi connectivity index (χ1) is 11.8. The van der Waals surface area contributed by atoms with Gasteiger partial charge in [0.25, 0.3) is 0 Å². The van der Waals surface area contributed by atoms with Crippen LogP contribution in [0, 0.1) is 0 Å². The van der Waals surface area contributed by atoms with Gasteiger partial charge in [-0.1, -0.05) is 60.7 Å². The Labute approximate surface area is 141 Å². The van der Waals surface area contributed by atoms with Gasteiger partial charge in [0.05, 0.1) is 11.6 Å². The van der Waals surface area contributed by atoms with E-state index in [1.54, 1.807) is 0 Å². The number of hydrogen-bond donors (Lipinski definition) is 1. The van der Waals surface area contributed by atoms with Gasteiger partial charge in [0.15, 0.2) is 0 Å². The highest BCUT2D eigenvalue weighted by molar-refractivity contribution is 6.06. The van der Waals surface area contributed by atoms with Gasteiger partial charge in [-0.25, -0.2) is 0 Å². The molecule has 3 aromatic carbocycles. The normalized spacial score (nSPS) is 15.6. The van der Waals surface area contributed by atoms with Crippen LogP contribution in [0.4, 0.5) is 5.82 Å². The molecule has 1 N–H and O–H groups in total. The number of benzene rings is 3. The lowest BCUT2D eigenvalue weighted by atomic mass is 9.91. The van der Waals surface area contributed by atoms with Crippen LogP contribution >= 0.6 is 0 Å². The summed E-state index contributed by atoms with van der Waals surface area (Å²) in [6.07, 6.45) is 0. The zero-order chi connectivity index (χ0) is 16.1. The van der Waals surface area contributed by atoms with Crippen molar-refractivity contribution in [3.8, 4) is 16.8 Å². The smallest absolute Gasteiger partial charge is 0.120 e. The maximum absolute atomic E-state index is 3.74. The number of nitrogens with zero attached hydrogens (tertiary/aromatic N) is 1. The van der Waals surface area contributed by atoms with E-state index in [0.29, 0.717) is 6.04 Å². The third-order valence-electron chi connectivity index (χ3n) is 4.94. The van der Waals surface area contributed by atoms with Crippen LogP contribution in [0.1, 0.15) is 18.5 Å². The number of hydrogen-bond acceptors (Lipinski definition) is 1. The van der Waals surface area contributed by atoms with Gasteiger partial charge in [0.2, 0.25) is 0 Å². The van der Waals surface area contributed by atoms with E-state index in [4.69, 9.17) is 0 Å². The fraction of sp³-hybridized carbons (Fsp3) is 0.0909. The number of rotatable bonds is 1. The minimum Gasteiger partial charge on any atom is -0.364 e. The molecule has 2 heteroatoms. The molecule has 0 spiro atoms. The van der Waals surface area contributed by atoms with Crippen LogP contribution in [-0.4, -0.2) is 4.57 Å². The van der Waals surface area contributed by atoms with Crippen molar-refractivity contribution in [1.82, 2.24) is 4.57 Å². The lowest BCUT2D eigenvalue weighted by Crippen LogP contribution is -2.15. The molecular formula is C22H18N2. The zero-order valence-corrected chi connectivity index (χ0v) is 13.5. The number of aromatic nitrogens is 1.